The molecule has 0 aliphatic heterocycles. The van der Waals surface area contributed by atoms with E-state index in [1.54, 1.807) is 6.07 Å². The van der Waals surface area contributed by atoms with Crippen LogP contribution in [0.2, 0.25) is 0 Å². The van der Waals surface area contributed by atoms with Crippen molar-refractivity contribution < 1.29 is 13.2 Å². The molecule has 0 saturated heterocycles. The lowest BCUT2D eigenvalue weighted by atomic mass is 10.1. The molecule has 0 spiro atoms. The average molecular weight is 313 g/mol. The van der Waals surface area contributed by atoms with Crippen molar-refractivity contribution in [1.29, 1.82) is 0 Å². The molecule has 0 radical (unpaired) electrons. The van der Waals surface area contributed by atoms with Crippen LogP contribution in [-0.2, 0) is 14.8 Å². The maximum Gasteiger partial charge on any atom is 0.245 e. The summed E-state index contributed by atoms with van der Waals surface area (Å²) in [5.74, 6) is -0.631. The van der Waals surface area contributed by atoms with Crippen LogP contribution in [0.3, 0.4) is 0 Å². The fraction of sp³-hybridized carbons (Fsp3) is 0.500. The Morgan fingerprint density at radius 2 is 1.76 bits per heavy atom. The van der Waals surface area contributed by atoms with Gasteiger partial charge >= 0.3 is 0 Å². The zero-order valence-corrected chi connectivity index (χ0v) is 13.7. The highest BCUT2D eigenvalue weighted by Crippen LogP contribution is 2.26. The number of amides is 1. The van der Waals surface area contributed by atoms with Crippen molar-refractivity contribution in [3.05, 3.63) is 23.3 Å². The topological polar surface area (TPSA) is 106 Å². The van der Waals surface area contributed by atoms with Crippen molar-refractivity contribution in [2.45, 2.75) is 32.6 Å². The van der Waals surface area contributed by atoms with Crippen molar-refractivity contribution in [1.82, 2.24) is 4.31 Å². The van der Waals surface area contributed by atoms with Gasteiger partial charge in [0.2, 0.25) is 15.9 Å². The smallest absolute Gasteiger partial charge is 0.245 e. The van der Waals surface area contributed by atoms with Crippen LogP contribution < -0.4 is 11.5 Å². The molecule has 0 atom stereocenters. The molecule has 0 unspecified atom stereocenters. The number of nitrogen functional groups attached to an aromatic ring is 1. The Morgan fingerprint density at radius 3 is 2.24 bits per heavy atom. The molecule has 21 heavy (non-hydrogen) atoms. The fourth-order valence-electron chi connectivity index (χ4n) is 2.00. The van der Waals surface area contributed by atoms with Gasteiger partial charge in [0.1, 0.15) is 4.90 Å². The molecule has 1 aromatic carbocycles. The lowest BCUT2D eigenvalue weighted by Gasteiger charge is -2.23. The summed E-state index contributed by atoms with van der Waals surface area (Å²) in [5.41, 5.74) is 12.9. The van der Waals surface area contributed by atoms with E-state index in [-0.39, 0.29) is 29.6 Å². The molecule has 0 fully saturated rings. The first-order valence-corrected chi connectivity index (χ1v) is 8.15. The number of hydrogen-bond donors (Lipinski definition) is 2. The largest absolute Gasteiger partial charge is 0.398 e. The quantitative estimate of drug-likeness (QED) is 0.764. The first kappa shape index (κ1) is 17.5. The Kier molecular flexibility index (Phi) is 5.36. The van der Waals surface area contributed by atoms with Crippen molar-refractivity contribution >= 4 is 21.6 Å². The van der Waals surface area contributed by atoms with Crippen LogP contribution in [0.15, 0.2) is 17.0 Å². The number of carbonyl (C=O) groups excluding carboxylic acids is 1. The zero-order valence-electron chi connectivity index (χ0n) is 12.9. The van der Waals surface area contributed by atoms with E-state index in [9.17, 15) is 13.2 Å². The van der Waals surface area contributed by atoms with Gasteiger partial charge in [0.05, 0.1) is 12.2 Å². The molecule has 118 valence electrons. The van der Waals surface area contributed by atoms with Gasteiger partial charge in [-0.1, -0.05) is 13.8 Å². The van der Waals surface area contributed by atoms with Gasteiger partial charge in [-0.15, -0.1) is 0 Å². The van der Waals surface area contributed by atoms with Crippen LogP contribution in [0.1, 0.15) is 25.0 Å². The lowest BCUT2D eigenvalue weighted by molar-refractivity contribution is -0.118. The van der Waals surface area contributed by atoms with Gasteiger partial charge in [-0.25, -0.2) is 8.42 Å². The van der Waals surface area contributed by atoms with Crippen molar-refractivity contribution in [2.24, 2.45) is 11.7 Å². The van der Waals surface area contributed by atoms with Crippen molar-refractivity contribution in [3.8, 4) is 0 Å². The number of anilines is 1. The first-order valence-electron chi connectivity index (χ1n) is 6.71. The molecule has 0 heterocycles. The second-order valence-electron chi connectivity index (χ2n) is 5.63. The number of hydrogen-bond acceptors (Lipinski definition) is 4. The summed E-state index contributed by atoms with van der Waals surface area (Å²) >= 11 is 0. The van der Waals surface area contributed by atoms with E-state index in [0.29, 0.717) is 0 Å². The summed E-state index contributed by atoms with van der Waals surface area (Å²) in [4.78, 5) is 11.2. The van der Waals surface area contributed by atoms with E-state index in [1.807, 2.05) is 27.7 Å². The third-order valence-electron chi connectivity index (χ3n) is 3.14. The predicted octanol–water partition coefficient (Wildman–Crippen LogP) is 1.02. The monoisotopic (exact) mass is 313 g/mol. The van der Waals surface area contributed by atoms with Crippen LogP contribution in [0.25, 0.3) is 0 Å². The molecule has 0 aliphatic rings. The highest BCUT2D eigenvalue weighted by atomic mass is 32.2. The number of nitrogens with zero attached hydrogens (tertiary/aromatic N) is 1. The third kappa shape index (κ3) is 4.18. The highest BCUT2D eigenvalue weighted by Gasteiger charge is 2.28. The molecule has 1 rings (SSSR count). The second kappa shape index (κ2) is 6.44. The summed E-state index contributed by atoms with van der Waals surface area (Å²) in [6.45, 7) is 7.26. The Balaban J connectivity index is 3.34. The van der Waals surface area contributed by atoms with Crippen molar-refractivity contribution in [2.75, 3.05) is 18.8 Å². The number of aryl methyl sites for hydroxylation is 2. The van der Waals surface area contributed by atoms with Gasteiger partial charge in [-0.2, -0.15) is 4.31 Å². The molecular weight excluding hydrogens is 290 g/mol. The minimum atomic E-state index is -3.85. The van der Waals surface area contributed by atoms with Gasteiger partial charge in [-0.3, -0.25) is 4.79 Å². The molecule has 7 heteroatoms. The van der Waals surface area contributed by atoms with E-state index in [2.05, 4.69) is 0 Å². The van der Waals surface area contributed by atoms with Gasteiger partial charge in [0, 0.05) is 6.54 Å². The first-order chi connectivity index (χ1) is 9.55. The molecule has 6 nitrogen and oxygen atoms in total. The summed E-state index contributed by atoms with van der Waals surface area (Å²) in [5, 5.41) is 0. The fourth-order valence-corrected chi connectivity index (χ4v) is 3.76. The minimum Gasteiger partial charge on any atom is -0.398 e. The Bertz CT molecular complexity index is 639. The summed E-state index contributed by atoms with van der Waals surface area (Å²) in [7, 11) is -3.85. The number of carbonyl (C=O) groups is 1. The molecule has 1 aromatic rings. The third-order valence-corrected chi connectivity index (χ3v) is 5.01. The van der Waals surface area contributed by atoms with Gasteiger partial charge < -0.3 is 11.5 Å². The van der Waals surface area contributed by atoms with Crippen LogP contribution in [0.5, 0.6) is 0 Å². The van der Waals surface area contributed by atoms with Crippen LogP contribution in [-0.4, -0.2) is 31.7 Å². The number of rotatable bonds is 6. The summed E-state index contributed by atoms with van der Waals surface area (Å²) in [6, 6.07) is 3.16. The number of benzene rings is 1. The Morgan fingerprint density at radius 1 is 1.24 bits per heavy atom. The number of primary amides is 1. The van der Waals surface area contributed by atoms with Gasteiger partial charge in [0.15, 0.2) is 0 Å². The van der Waals surface area contributed by atoms with E-state index < -0.39 is 15.9 Å². The van der Waals surface area contributed by atoms with E-state index >= 15 is 0 Å². The minimum absolute atomic E-state index is 0.0208. The van der Waals surface area contributed by atoms with E-state index in [1.165, 1.54) is 6.07 Å². The highest BCUT2D eigenvalue weighted by molar-refractivity contribution is 7.89. The standard InChI is InChI=1S/C14H23N3O3S/c1-9(2)7-17(8-14(16)18)21(19,20)13-6-11(4)10(3)5-12(13)15/h5-6,9H,7-8,15H2,1-4H3,(H2,16,18). The molecular formula is C14H23N3O3S. The average Bonchev–Trinajstić information content (AvgIpc) is 2.31. The normalized spacial score (nSPS) is 12.1. The van der Waals surface area contributed by atoms with Crippen molar-refractivity contribution in [3.63, 3.8) is 0 Å². The number of nitrogens with two attached hydrogens (primary N) is 2. The summed E-state index contributed by atoms with van der Waals surface area (Å²) < 4.78 is 26.5. The van der Waals surface area contributed by atoms with Crippen LogP contribution >= 0.6 is 0 Å². The number of sulfonamides is 1. The molecule has 1 amide bonds. The van der Waals surface area contributed by atoms with E-state index in [0.717, 1.165) is 15.4 Å². The Hall–Kier alpha value is -1.60. The van der Waals surface area contributed by atoms with Gasteiger partial charge in [-0.05, 0) is 43.0 Å². The molecule has 0 aliphatic carbocycles. The zero-order chi connectivity index (χ0) is 16.4. The summed E-state index contributed by atoms with van der Waals surface area (Å²) in [6.07, 6.45) is 0. The van der Waals surface area contributed by atoms with Crippen LogP contribution in [0, 0.1) is 19.8 Å². The lowest BCUT2D eigenvalue weighted by Crippen LogP contribution is -2.40. The SMILES string of the molecule is Cc1cc(N)c(S(=O)(=O)N(CC(N)=O)CC(C)C)cc1C. The molecule has 4 N–H and O–H groups in total. The Labute approximate surface area is 126 Å². The van der Waals surface area contributed by atoms with E-state index in [4.69, 9.17) is 11.5 Å². The molecule has 0 bridgehead atoms. The maximum absolute atomic E-state index is 12.7. The maximum atomic E-state index is 12.7. The van der Waals surface area contributed by atoms with Gasteiger partial charge in [0.25, 0.3) is 0 Å². The molecule has 0 saturated carbocycles. The molecule has 0 aromatic heterocycles. The second-order valence-corrected chi connectivity index (χ2v) is 7.54. The van der Waals surface area contributed by atoms with Crippen LogP contribution in [0.4, 0.5) is 5.69 Å². The predicted molar refractivity (Wildman–Crippen MR) is 83.1 cm³/mol.